The number of nitrogens with zero attached hydrogens (tertiary/aromatic N) is 4. The first-order valence-electron chi connectivity index (χ1n) is 21.8. The fourth-order valence-corrected chi connectivity index (χ4v) is 8.70. The molecule has 2 aromatic carbocycles. The van der Waals surface area contributed by atoms with Crippen molar-refractivity contribution in [1.82, 2.24) is 14.9 Å². The average molecular weight is 914 g/mol. The number of anilines is 1. The summed E-state index contributed by atoms with van der Waals surface area (Å²) >= 11 is 0. The number of aromatic hydroxyl groups is 3. The van der Waals surface area contributed by atoms with Crippen LogP contribution in [-0.4, -0.2) is 134 Å². The Morgan fingerprint density at radius 1 is 0.924 bits per heavy atom. The third-order valence-corrected chi connectivity index (χ3v) is 12.9. The van der Waals surface area contributed by atoms with Crippen LogP contribution in [0.3, 0.4) is 0 Å². The Bertz CT molecular complexity index is 2480. The fraction of sp³-hybridized carbons (Fsp3) is 0.458. The Balaban J connectivity index is 1.46. The number of aliphatic hydroxyl groups is 2. The Morgan fingerprint density at radius 3 is 2.23 bits per heavy atom. The van der Waals surface area contributed by atoms with Crippen LogP contribution in [0.4, 0.5) is 5.69 Å². The summed E-state index contributed by atoms with van der Waals surface area (Å²) in [7, 11) is 1.42. The van der Waals surface area contributed by atoms with Crippen LogP contribution in [0.15, 0.2) is 65.8 Å². The standard InChI is InChI=1S/C48H59N5O13/c1-24-11-10-12-25(2)46(61)51-37-32(23-50-53-20-18-52(19-21-53)47(62)31-13-16-49-17-14-31)41(58)34-35(42(37)59)40(57)29(6)44-36(34)45(60)48(8,66-44)64-22-15-33(63-9)26(3)43(65-30(7)54)28(5)39(56)27(4)38(24)55/h10-17,22-24,26-28,33,38-39,43,55-59H,18-21H2,1-9H3,(H,51,61)/b11-10+,22-15+,25-12-,50-23-/t24-,26-,27-,28-,33+,38+,39+,43-,48+/m1/s1. The smallest absolute Gasteiger partial charge is 0.312 e. The number of ketones is 1. The molecule has 0 aliphatic carbocycles. The van der Waals surface area contributed by atoms with Crippen LogP contribution < -0.4 is 10.1 Å². The van der Waals surface area contributed by atoms with E-state index >= 15 is 0 Å². The minimum absolute atomic E-state index is 0.0205. The third kappa shape index (κ3) is 9.57. The lowest BCUT2D eigenvalue weighted by molar-refractivity contribution is -0.160. The van der Waals surface area contributed by atoms with E-state index in [9.17, 15) is 44.7 Å². The Hall–Kier alpha value is -6.50. The Morgan fingerprint density at radius 2 is 1.59 bits per heavy atom. The molecule has 0 unspecified atom stereocenters. The lowest BCUT2D eigenvalue weighted by atomic mass is 9.78. The predicted octanol–water partition coefficient (Wildman–Crippen LogP) is 4.94. The van der Waals surface area contributed by atoms with Crippen molar-refractivity contribution in [3.63, 3.8) is 0 Å². The number of amides is 2. The van der Waals surface area contributed by atoms with Gasteiger partial charge in [-0.2, -0.15) is 5.10 Å². The van der Waals surface area contributed by atoms with Crippen LogP contribution in [0.25, 0.3) is 10.8 Å². The number of phenolic OH excluding ortho intramolecular Hbond substituents is 3. The topological polar surface area (TPSA) is 250 Å². The van der Waals surface area contributed by atoms with Crippen LogP contribution in [0.5, 0.6) is 23.0 Å². The second-order valence-electron chi connectivity index (χ2n) is 17.3. The van der Waals surface area contributed by atoms with Gasteiger partial charge in [0.25, 0.3) is 17.6 Å². The monoisotopic (exact) mass is 913 g/mol. The molecule has 18 heteroatoms. The highest BCUT2D eigenvalue weighted by Crippen LogP contribution is 2.55. The number of carbonyl (C=O) groups excluding carboxylic acids is 4. The molecule has 1 aromatic heterocycles. The molecule has 0 spiro atoms. The molecule has 5 bridgehead atoms. The summed E-state index contributed by atoms with van der Waals surface area (Å²) in [6.45, 7) is 13.6. The molecule has 5 heterocycles. The van der Waals surface area contributed by atoms with Gasteiger partial charge in [-0.05, 0) is 32.1 Å². The van der Waals surface area contributed by atoms with E-state index in [0.717, 1.165) is 0 Å². The van der Waals surface area contributed by atoms with E-state index in [4.69, 9.17) is 18.9 Å². The van der Waals surface area contributed by atoms with E-state index in [1.54, 1.807) is 61.9 Å². The summed E-state index contributed by atoms with van der Waals surface area (Å²) in [6.07, 6.45) is 7.65. The minimum Gasteiger partial charge on any atom is -0.507 e. The normalized spacial score (nSPS) is 29.5. The molecule has 4 aliphatic rings. The number of hydrazone groups is 1. The highest BCUT2D eigenvalue weighted by molar-refractivity contribution is 6.24. The number of pyridine rings is 1. The van der Waals surface area contributed by atoms with Gasteiger partial charge < -0.3 is 54.7 Å². The van der Waals surface area contributed by atoms with Crippen molar-refractivity contribution in [1.29, 1.82) is 0 Å². The lowest BCUT2D eigenvalue weighted by Gasteiger charge is -2.38. The van der Waals surface area contributed by atoms with Crippen molar-refractivity contribution >= 4 is 46.2 Å². The van der Waals surface area contributed by atoms with Crippen molar-refractivity contribution in [2.24, 2.45) is 28.8 Å². The number of esters is 1. The van der Waals surface area contributed by atoms with Crippen LogP contribution >= 0.6 is 0 Å². The third-order valence-electron chi connectivity index (χ3n) is 12.9. The van der Waals surface area contributed by atoms with Gasteiger partial charge in [0.05, 0.1) is 66.1 Å². The molecule has 3 aromatic rings. The van der Waals surface area contributed by atoms with Crippen molar-refractivity contribution in [2.75, 3.05) is 38.6 Å². The van der Waals surface area contributed by atoms with Crippen LogP contribution in [0.1, 0.15) is 80.3 Å². The summed E-state index contributed by atoms with van der Waals surface area (Å²) in [5.41, 5.74) is -0.137. The number of benzene rings is 2. The van der Waals surface area contributed by atoms with Gasteiger partial charge in [-0.3, -0.25) is 29.2 Å². The quantitative estimate of drug-likeness (QED) is 0.0859. The molecule has 9 atom stereocenters. The first-order valence-corrected chi connectivity index (χ1v) is 21.8. The molecule has 354 valence electrons. The molecule has 1 saturated heterocycles. The van der Waals surface area contributed by atoms with Crippen molar-refractivity contribution in [3.05, 3.63) is 82.9 Å². The second kappa shape index (κ2) is 19.9. The fourth-order valence-electron chi connectivity index (χ4n) is 8.70. The largest absolute Gasteiger partial charge is 0.507 e. The van der Waals surface area contributed by atoms with E-state index in [-0.39, 0.29) is 63.5 Å². The van der Waals surface area contributed by atoms with Crippen LogP contribution in [0.2, 0.25) is 0 Å². The van der Waals surface area contributed by atoms with Crippen LogP contribution in [0, 0.1) is 30.6 Å². The average Bonchev–Trinajstić information content (AvgIpc) is 3.57. The zero-order valence-electron chi connectivity index (χ0n) is 38.5. The molecule has 2 amide bonds. The number of hydrogen-bond acceptors (Lipinski definition) is 16. The summed E-state index contributed by atoms with van der Waals surface area (Å²) in [4.78, 5) is 59.6. The molecule has 7 rings (SSSR count). The predicted molar refractivity (Wildman–Crippen MR) is 243 cm³/mol. The van der Waals surface area contributed by atoms with E-state index in [1.165, 1.54) is 71.8 Å². The van der Waals surface area contributed by atoms with E-state index in [1.807, 2.05) is 0 Å². The SMILES string of the molecule is CO[C@H]1/C=C/O[C@@]2(C)Oc3c(C)c(O)c4c(O)c(c(/C=N\N5CCN(C(=O)c6ccncc6)CC5)c(O)c4c3C2=O)NC(=O)/C(C)=C\C=C\[C@@H](C)[C@H](O)[C@@H](C)[C@H](O)[C@@H](C)[C@H](OC(C)=O)[C@@H]1C. The first kappa shape index (κ1) is 48.9. The number of hydrogen-bond donors (Lipinski definition) is 6. The number of aromatic nitrogens is 1. The second-order valence-corrected chi connectivity index (χ2v) is 17.3. The molecule has 0 radical (unpaired) electrons. The summed E-state index contributed by atoms with van der Waals surface area (Å²) in [5.74, 6) is -8.98. The Labute approximate surface area is 382 Å². The molecule has 18 nitrogen and oxygen atoms in total. The van der Waals surface area contributed by atoms with E-state index in [0.29, 0.717) is 18.7 Å². The van der Waals surface area contributed by atoms with Crippen molar-refractivity contribution in [2.45, 2.75) is 85.6 Å². The number of fused-ring (bicyclic) bond motifs is 14. The van der Waals surface area contributed by atoms with Gasteiger partial charge in [-0.25, -0.2) is 0 Å². The highest BCUT2D eigenvalue weighted by atomic mass is 16.7. The zero-order chi connectivity index (χ0) is 48.4. The molecule has 1 fully saturated rings. The Kier molecular flexibility index (Phi) is 14.8. The number of Topliss-reactive ketones (excluding diaryl/α,β-unsaturated/α-hetero) is 1. The number of ether oxygens (including phenoxy) is 4. The van der Waals surface area contributed by atoms with Gasteiger partial charge in [-0.1, -0.05) is 45.9 Å². The molecule has 66 heavy (non-hydrogen) atoms. The number of aliphatic hydroxyl groups excluding tert-OH is 2. The highest BCUT2D eigenvalue weighted by Gasteiger charge is 2.50. The molecule has 4 aliphatic heterocycles. The number of methoxy groups -OCH3 is 1. The van der Waals surface area contributed by atoms with Gasteiger partial charge in [-0.15, -0.1) is 0 Å². The summed E-state index contributed by atoms with van der Waals surface area (Å²) in [6, 6.07) is 3.25. The zero-order valence-corrected chi connectivity index (χ0v) is 38.5. The maximum atomic E-state index is 14.6. The number of allylic oxidation sites excluding steroid dienone is 2. The maximum Gasteiger partial charge on any atom is 0.312 e. The number of rotatable bonds is 5. The first-order chi connectivity index (χ1) is 31.2. The summed E-state index contributed by atoms with van der Waals surface area (Å²) in [5, 5.41) is 67.1. The molecule has 6 N–H and O–H groups in total. The number of carbonyl (C=O) groups is 4. The van der Waals surface area contributed by atoms with E-state index in [2.05, 4.69) is 15.4 Å². The minimum atomic E-state index is -2.09. The molecule has 0 saturated carbocycles. The molecular formula is C48H59N5O13. The van der Waals surface area contributed by atoms with Crippen molar-refractivity contribution in [3.8, 4) is 23.0 Å². The van der Waals surface area contributed by atoms with E-state index < -0.39 is 88.8 Å². The van der Waals surface area contributed by atoms with Gasteiger partial charge in [0.15, 0.2) is 5.75 Å². The van der Waals surface area contributed by atoms with Gasteiger partial charge in [0.1, 0.15) is 23.4 Å². The number of nitrogens with one attached hydrogen (secondary N) is 1. The van der Waals surface area contributed by atoms with Crippen LogP contribution in [-0.2, 0) is 23.8 Å². The summed E-state index contributed by atoms with van der Waals surface area (Å²) < 4.78 is 23.7. The maximum absolute atomic E-state index is 14.6. The lowest BCUT2D eigenvalue weighted by Crippen LogP contribution is -2.46. The van der Waals surface area contributed by atoms with Gasteiger partial charge in [0, 0.05) is 92.2 Å². The van der Waals surface area contributed by atoms with Gasteiger partial charge >= 0.3 is 11.8 Å². The van der Waals surface area contributed by atoms with Gasteiger partial charge in [0.2, 0.25) is 0 Å². The molecular weight excluding hydrogens is 855 g/mol. The number of phenols is 3. The van der Waals surface area contributed by atoms with Crippen molar-refractivity contribution < 1.29 is 63.7 Å². The number of piperazine rings is 1.